The molecular weight excluding hydrogens is 470 g/mol. The zero-order valence-electron chi connectivity index (χ0n) is 21.2. The largest absolute Gasteiger partial charge is 0.507 e. The molecule has 0 bridgehead atoms. The SMILES string of the molecule is O=C(c1cc2c(NC3CCCCC3)n[nH]c2cc1O)N1Cc2ccc(OCCN3CCOCC3)cc2C1. The minimum atomic E-state index is -0.185. The van der Waals surface area contributed by atoms with Gasteiger partial charge in [-0.3, -0.25) is 14.8 Å². The summed E-state index contributed by atoms with van der Waals surface area (Å²) >= 11 is 0. The van der Waals surface area contributed by atoms with E-state index in [-0.39, 0.29) is 11.7 Å². The molecule has 0 unspecified atom stereocenters. The van der Waals surface area contributed by atoms with Gasteiger partial charge in [-0.2, -0.15) is 5.10 Å². The van der Waals surface area contributed by atoms with E-state index in [1.807, 2.05) is 18.2 Å². The van der Waals surface area contributed by atoms with E-state index in [2.05, 4.69) is 20.4 Å². The molecule has 1 amide bonds. The number of phenols is 1. The second kappa shape index (κ2) is 10.6. The molecule has 3 heterocycles. The topological polar surface area (TPSA) is 103 Å². The number of nitrogens with one attached hydrogen (secondary N) is 2. The van der Waals surface area contributed by atoms with Crippen LogP contribution in [0.4, 0.5) is 5.82 Å². The number of morpholine rings is 1. The van der Waals surface area contributed by atoms with Gasteiger partial charge in [0.2, 0.25) is 0 Å². The molecule has 1 saturated heterocycles. The standard InChI is InChI=1S/C28H35N5O4/c34-26-16-25-23(27(31-30-25)29-21-4-2-1-3-5-21)15-24(26)28(35)33-17-19-6-7-22(14-20(19)18-33)37-13-10-32-8-11-36-12-9-32/h6-7,14-16,21,34H,1-5,8-13,17-18H2,(H2,29,30,31). The lowest BCUT2D eigenvalue weighted by atomic mass is 9.95. The molecular formula is C28H35N5O4. The first kappa shape index (κ1) is 24.1. The fourth-order valence-corrected chi connectivity index (χ4v) is 5.67. The highest BCUT2D eigenvalue weighted by Gasteiger charge is 2.27. The molecule has 0 spiro atoms. The summed E-state index contributed by atoms with van der Waals surface area (Å²) in [5, 5.41) is 22.5. The summed E-state index contributed by atoms with van der Waals surface area (Å²) in [4.78, 5) is 17.6. The monoisotopic (exact) mass is 505 g/mol. The molecule has 196 valence electrons. The number of aromatic nitrogens is 2. The number of H-pyrrole nitrogens is 1. The Morgan fingerprint density at radius 1 is 1.11 bits per heavy atom. The van der Waals surface area contributed by atoms with Crippen molar-refractivity contribution in [3.63, 3.8) is 0 Å². The molecule has 0 atom stereocenters. The number of nitrogens with zero attached hydrogens (tertiary/aromatic N) is 3. The van der Waals surface area contributed by atoms with Crippen molar-refractivity contribution >= 4 is 22.6 Å². The van der Waals surface area contributed by atoms with Crippen LogP contribution in [0.1, 0.15) is 53.6 Å². The number of amides is 1. The fraction of sp³-hybridized carbons (Fsp3) is 0.500. The highest BCUT2D eigenvalue weighted by Crippen LogP contribution is 2.33. The van der Waals surface area contributed by atoms with Gasteiger partial charge in [-0.05, 0) is 42.2 Å². The molecule has 1 saturated carbocycles. The lowest BCUT2D eigenvalue weighted by Gasteiger charge is -2.26. The zero-order valence-corrected chi connectivity index (χ0v) is 21.2. The van der Waals surface area contributed by atoms with E-state index in [0.29, 0.717) is 31.3 Å². The number of phenolic OH excluding ortho intramolecular Hbond substituents is 1. The van der Waals surface area contributed by atoms with Crippen LogP contribution in [-0.4, -0.2) is 76.5 Å². The number of aromatic amines is 1. The zero-order chi connectivity index (χ0) is 25.2. The number of ether oxygens (including phenoxy) is 2. The van der Waals surface area contributed by atoms with E-state index in [4.69, 9.17) is 9.47 Å². The Morgan fingerprint density at radius 3 is 2.76 bits per heavy atom. The van der Waals surface area contributed by atoms with Crippen LogP contribution in [0, 0.1) is 0 Å². The van der Waals surface area contributed by atoms with Gasteiger partial charge in [0.25, 0.3) is 5.91 Å². The molecule has 3 N–H and O–H groups in total. The highest BCUT2D eigenvalue weighted by molar-refractivity contribution is 6.03. The smallest absolute Gasteiger partial charge is 0.258 e. The van der Waals surface area contributed by atoms with Gasteiger partial charge in [0, 0.05) is 50.2 Å². The second-order valence-corrected chi connectivity index (χ2v) is 10.4. The fourth-order valence-electron chi connectivity index (χ4n) is 5.67. The van der Waals surface area contributed by atoms with Crippen molar-refractivity contribution in [3.8, 4) is 11.5 Å². The lowest BCUT2D eigenvalue weighted by Crippen LogP contribution is -2.38. The first-order chi connectivity index (χ1) is 18.1. The Kier molecular flexibility index (Phi) is 6.89. The summed E-state index contributed by atoms with van der Waals surface area (Å²) in [5.41, 5.74) is 3.21. The average Bonchev–Trinajstić information content (AvgIpc) is 3.52. The van der Waals surface area contributed by atoms with Crippen LogP contribution in [0.2, 0.25) is 0 Å². The molecule has 2 aliphatic heterocycles. The van der Waals surface area contributed by atoms with Gasteiger partial charge in [0.15, 0.2) is 5.82 Å². The number of anilines is 1. The van der Waals surface area contributed by atoms with Crippen LogP contribution in [0.25, 0.3) is 10.9 Å². The molecule has 6 rings (SSSR count). The summed E-state index contributed by atoms with van der Waals surface area (Å²) < 4.78 is 11.4. The minimum Gasteiger partial charge on any atom is -0.507 e. The van der Waals surface area contributed by atoms with Crippen molar-refractivity contribution in [1.82, 2.24) is 20.0 Å². The number of fused-ring (bicyclic) bond motifs is 2. The van der Waals surface area contributed by atoms with Gasteiger partial charge in [-0.1, -0.05) is 25.3 Å². The number of aromatic hydroxyl groups is 1. The van der Waals surface area contributed by atoms with Crippen molar-refractivity contribution in [2.24, 2.45) is 0 Å². The molecule has 2 fully saturated rings. The minimum absolute atomic E-state index is 0.0338. The number of carbonyl (C=O) groups excluding carboxylic acids is 1. The number of hydrogen-bond acceptors (Lipinski definition) is 7. The Labute approximate surface area is 216 Å². The predicted molar refractivity (Wildman–Crippen MR) is 141 cm³/mol. The summed E-state index contributed by atoms with van der Waals surface area (Å²) in [6.07, 6.45) is 5.99. The third-order valence-electron chi connectivity index (χ3n) is 7.82. The van der Waals surface area contributed by atoms with Crippen LogP contribution < -0.4 is 10.1 Å². The third kappa shape index (κ3) is 5.24. The Hall–Kier alpha value is -3.30. The Balaban J connectivity index is 1.12. The number of carbonyl (C=O) groups is 1. The average molecular weight is 506 g/mol. The van der Waals surface area contributed by atoms with E-state index in [9.17, 15) is 9.90 Å². The maximum absolute atomic E-state index is 13.5. The Bertz CT molecular complexity index is 1260. The van der Waals surface area contributed by atoms with Gasteiger partial charge >= 0.3 is 0 Å². The first-order valence-corrected chi connectivity index (χ1v) is 13.5. The summed E-state index contributed by atoms with van der Waals surface area (Å²) in [6.45, 7) is 5.95. The van der Waals surface area contributed by atoms with Crippen molar-refractivity contribution in [1.29, 1.82) is 0 Å². The summed E-state index contributed by atoms with van der Waals surface area (Å²) in [5.74, 6) is 1.35. The summed E-state index contributed by atoms with van der Waals surface area (Å²) in [6, 6.07) is 9.82. The van der Waals surface area contributed by atoms with Gasteiger partial charge in [-0.15, -0.1) is 0 Å². The molecule has 1 aromatic heterocycles. The molecule has 1 aliphatic carbocycles. The van der Waals surface area contributed by atoms with Crippen LogP contribution in [0.15, 0.2) is 30.3 Å². The predicted octanol–water partition coefficient (Wildman–Crippen LogP) is 3.88. The van der Waals surface area contributed by atoms with Crippen molar-refractivity contribution in [2.75, 3.05) is 44.8 Å². The maximum Gasteiger partial charge on any atom is 0.258 e. The molecule has 37 heavy (non-hydrogen) atoms. The quantitative estimate of drug-likeness (QED) is 0.448. The summed E-state index contributed by atoms with van der Waals surface area (Å²) in [7, 11) is 0. The first-order valence-electron chi connectivity index (χ1n) is 13.5. The normalized spacial score (nSPS) is 18.8. The lowest BCUT2D eigenvalue weighted by molar-refractivity contribution is 0.0322. The van der Waals surface area contributed by atoms with Gasteiger partial charge < -0.3 is 24.8 Å². The number of hydrogen-bond donors (Lipinski definition) is 3. The van der Waals surface area contributed by atoms with E-state index in [1.165, 1.54) is 19.3 Å². The second-order valence-electron chi connectivity index (χ2n) is 10.4. The molecule has 3 aromatic rings. The van der Waals surface area contributed by atoms with Crippen molar-refractivity contribution < 1.29 is 19.4 Å². The number of rotatable bonds is 7. The van der Waals surface area contributed by atoms with Crippen molar-refractivity contribution in [2.45, 2.75) is 51.2 Å². The van der Waals surface area contributed by atoms with Gasteiger partial charge in [0.1, 0.15) is 18.1 Å². The molecule has 9 nitrogen and oxygen atoms in total. The maximum atomic E-state index is 13.5. The number of benzene rings is 2. The van der Waals surface area contributed by atoms with Crippen LogP contribution >= 0.6 is 0 Å². The molecule has 9 heteroatoms. The van der Waals surface area contributed by atoms with E-state index in [0.717, 1.165) is 79.3 Å². The van der Waals surface area contributed by atoms with E-state index in [1.54, 1.807) is 17.0 Å². The van der Waals surface area contributed by atoms with Gasteiger partial charge in [0.05, 0.1) is 24.3 Å². The van der Waals surface area contributed by atoms with Crippen LogP contribution in [0.5, 0.6) is 11.5 Å². The van der Waals surface area contributed by atoms with Crippen LogP contribution in [0.3, 0.4) is 0 Å². The molecule has 2 aromatic carbocycles. The molecule has 0 radical (unpaired) electrons. The van der Waals surface area contributed by atoms with Crippen LogP contribution in [-0.2, 0) is 17.8 Å². The van der Waals surface area contributed by atoms with E-state index < -0.39 is 0 Å². The molecule has 3 aliphatic rings. The van der Waals surface area contributed by atoms with Crippen molar-refractivity contribution in [3.05, 3.63) is 47.0 Å². The van der Waals surface area contributed by atoms with E-state index >= 15 is 0 Å². The highest BCUT2D eigenvalue weighted by atomic mass is 16.5. The van der Waals surface area contributed by atoms with Gasteiger partial charge in [-0.25, -0.2) is 0 Å². The Morgan fingerprint density at radius 2 is 1.92 bits per heavy atom. The third-order valence-corrected chi connectivity index (χ3v) is 7.82.